The Balaban J connectivity index is 1.68. The van der Waals surface area contributed by atoms with Crippen LogP contribution in [0.1, 0.15) is 25.0 Å². The predicted octanol–water partition coefficient (Wildman–Crippen LogP) is 5.48. The molecule has 0 fully saturated rings. The molecule has 0 bridgehead atoms. The topological polar surface area (TPSA) is 17.0 Å². The lowest BCUT2D eigenvalue weighted by atomic mass is 9.71. The summed E-state index contributed by atoms with van der Waals surface area (Å²) in [5, 5.41) is 9.50. The number of fused-ring (bicyclic) bond motifs is 1. The summed E-state index contributed by atoms with van der Waals surface area (Å²) in [6.07, 6.45) is 1.01. The number of anilines is 1. The van der Waals surface area contributed by atoms with Gasteiger partial charge in [-0.25, -0.2) is 0 Å². The van der Waals surface area contributed by atoms with E-state index in [-0.39, 0.29) is 5.54 Å². The van der Waals surface area contributed by atoms with Gasteiger partial charge in [0.2, 0.25) is 0 Å². The monoisotopic (exact) mass is 360 g/mol. The molecule has 0 radical (unpaired) electrons. The van der Waals surface area contributed by atoms with Gasteiger partial charge in [-0.05, 0) is 55.7 Å². The molecule has 1 aromatic heterocycles. The molecule has 0 saturated heterocycles. The zero-order valence-electron chi connectivity index (χ0n) is 15.1. The van der Waals surface area contributed by atoms with Crippen LogP contribution in [-0.4, -0.2) is 4.57 Å². The van der Waals surface area contributed by atoms with Crippen LogP contribution >= 0.6 is 11.6 Å². The summed E-state index contributed by atoms with van der Waals surface area (Å²) in [6, 6.07) is 17.1. The van der Waals surface area contributed by atoms with Crippen LogP contribution < -0.4 is 10.7 Å². The van der Waals surface area contributed by atoms with Crippen LogP contribution in [0.25, 0.3) is 28.3 Å². The Bertz CT molecular complexity index is 1220. The van der Waals surface area contributed by atoms with E-state index in [9.17, 15) is 0 Å². The summed E-state index contributed by atoms with van der Waals surface area (Å²) in [6.45, 7) is 9.67. The molecular weight excluding hydrogens is 340 g/mol. The molecule has 0 saturated carbocycles. The maximum Gasteiger partial charge on any atom is 0.0640 e. The second-order valence-electron chi connectivity index (χ2n) is 7.49. The Morgan fingerprint density at radius 3 is 2.77 bits per heavy atom. The van der Waals surface area contributed by atoms with Gasteiger partial charge in [0.1, 0.15) is 0 Å². The lowest BCUT2D eigenvalue weighted by molar-refractivity contribution is 0.472. The van der Waals surface area contributed by atoms with Gasteiger partial charge in [-0.2, -0.15) is 0 Å². The first-order chi connectivity index (χ1) is 12.5. The zero-order valence-corrected chi connectivity index (χ0v) is 15.8. The molecule has 0 spiro atoms. The SMILES string of the molecule is C=c1c2cccc3c(NC4(C)Cc5ccc(Cl)cc54)ccc(c32)n1CC. The Kier molecular flexibility index (Phi) is 3.20. The second-order valence-corrected chi connectivity index (χ2v) is 7.92. The fourth-order valence-corrected chi connectivity index (χ4v) is 4.78. The smallest absolute Gasteiger partial charge is 0.0640 e. The van der Waals surface area contributed by atoms with Gasteiger partial charge in [0, 0.05) is 44.3 Å². The van der Waals surface area contributed by atoms with Crippen LogP contribution in [0.3, 0.4) is 0 Å². The molecule has 0 amide bonds. The molecule has 3 aromatic carbocycles. The highest BCUT2D eigenvalue weighted by atomic mass is 35.5. The van der Waals surface area contributed by atoms with Gasteiger partial charge in [-0.1, -0.05) is 42.4 Å². The Morgan fingerprint density at radius 1 is 1.15 bits per heavy atom. The van der Waals surface area contributed by atoms with Crippen molar-refractivity contribution < 1.29 is 0 Å². The number of rotatable bonds is 3. The minimum absolute atomic E-state index is 0.0831. The molecule has 1 aliphatic carbocycles. The van der Waals surface area contributed by atoms with E-state index in [0.717, 1.165) is 23.3 Å². The molecule has 5 rings (SSSR count). The van der Waals surface area contributed by atoms with Crippen molar-refractivity contribution >= 4 is 45.5 Å². The number of nitrogens with zero attached hydrogens (tertiary/aromatic N) is 1. The molecule has 26 heavy (non-hydrogen) atoms. The van der Waals surface area contributed by atoms with Crippen molar-refractivity contribution in [2.24, 2.45) is 0 Å². The number of halogens is 1. The highest BCUT2D eigenvalue weighted by molar-refractivity contribution is 6.30. The van der Waals surface area contributed by atoms with E-state index in [1.165, 1.54) is 38.5 Å². The molecule has 130 valence electrons. The lowest BCUT2D eigenvalue weighted by Crippen LogP contribution is -2.43. The first-order valence-corrected chi connectivity index (χ1v) is 9.49. The van der Waals surface area contributed by atoms with Crippen LogP contribution in [0.2, 0.25) is 5.02 Å². The van der Waals surface area contributed by atoms with E-state index < -0.39 is 0 Å². The fourth-order valence-electron chi connectivity index (χ4n) is 4.61. The third-order valence-corrected chi connectivity index (χ3v) is 6.12. The van der Waals surface area contributed by atoms with Crippen molar-refractivity contribution in [1.29, 1.82) is 0 Å². The second kappa shape index (κ2) is 5.28. The number of nitrogens with one attached hydrogen (secondary N) is 1. The van der Waals surface area contributed by atoms with Crippen LogP contribution in [0.5, 0.6) is 0 Å². The average molecular weight is 361 g/mol. The minimum atomic E-state index is -0.0831. The van der Waals surface area contributed by atoms with Crippen LogP contribution in [0, 0.1) is 0 Å². The van der Waals surface area contributed by atoms with Gasteiger partial charge in [0.15, 0.2) is 0 Å². The predicted molar refractivity (Wildman–Crippen MR) is 112 cm³/mol. The molecule has 1 aliphatic rings. The summed E-state index contributed by atoms with van der Waals surface area (Å²) >= 11 is 6.23. The van der Waals surface area contributed by atoms with Crippen LogP contribution in [0.4, 0.5) is 5.69 Å². The van der Waals surface area contributed by atoms with Gasteiger partial charge in [0.05, 0.1) is 5.54 Å². The number of benzene rings is 3. The third-order valence-electron chi connectivity index (χ3n) is 5.88. The molecule has 1 unspecified atom stereocenters. The molecule has 1 heterocycles. The van der Waals surface area contributed by atoms with Gasteiger partial charge in [-0.15, -0.1) is 0 Å². The molecular formula is C23H21ClN2. The lowest BCUT2D eigenvalue weighted by Gasteiger charge is -2.43. The summed E-state index contributed by atoms with van der Waals surface area (Å²) in [7, 11) is 0. The maximum atomic E-state index is 6.23. The van der Waals surface area contributed by atoms with E-state index >= 15 is 0 Å². The van der Waals surface area contributed by atoms with E-state index in [0.29, 0.717) is 0 Å². The highest BCUT2D eigenvalue weighted by Crippen LogP contribution is 2.44. The molecule has 0 aliphatic heterocycles. The summed E-state index contributed by atoms with van der Waals surface area (Å²) in [5.41, 5.74) is 5.02. The van der Waals surface area contributed by atoms with E-state index in [2.05, 4.69) is 72.8 Å². The van der Waals surface area contributed by atoms with Gasteiger partial charge >= 0.3 is 0 Å². The summed E-state index contributed by atoms with van der Waals surface area (Å²) in [5.74, 6) is 0. The molecule has 1 N–H and O–H groups in total. The van der Waals surface area contributed by atoms with Crippen molar-refractivity contribution in [3.63, 3.8) is 0 Å². The van der Waals surface area contributed by atoms with Crippen molar-refractivity contribution in [1.82, 2.24) is 4.57 Å². The molecule has 3 heteroatoms. The van der Waals surface area contributed by atoms with Gasteiger partial charge in [0.25, 0.3) is 0 Å². The molecule has 4 aromatic rings. The fraction of sp³-hybridized carbons (Fsp3) is 0.217. The van der Waals surface area contributed by atoms with E-state index in [4.69, 9.17) is 11.6 Å². The van der Waals surface area contributed by atoms with Crippen molar-refractivity contribution in [2.75, 3.05) is 5.32 Å². The Hall–Kier alpha value is -2.45. The van der Waals surface area contributed by atoms with E-state index in [1.54, 1.807) is 0 Å². The largest absolute Gasteiger partial charge is 0.375 e. The Labute approximate surface area is 158 Å². The normalized spacial score (nSPS) is 18.9. The number of hydrogen-bond donors (Lipinski definition) is 1. The summed E-state index contributed by atoms with van der Waals surface area (Å²) < 4.78 is 2.29. The van der Waals surface area contributed by atoms with Crippen molar-refractivity contribution in [3.8, 4) is 0 Å². The summed E-state index contributed by atoms with van der Waals surface area (Å²) in [4.78, 5) is 0. The quantitative estimate of drug-likeness (QED) is 0.512. The van der Waals surface area contributed by atoms with Crippen molar-refractivity contribution in [2.45, 2.75) is 32.4 Å². The Morgan fingerprint density at radius 2 is 1.96 bits per heavy atom. The molecule has 1 atom stereocenters. The third kappa shape index (κ3) is 1.99. The van der Waals surface area contributed by atoms with Gasteiger partial charge < -0.3 is 9.88 Å². The average Bonchev–Trinajstić information content (AvgIpc) is 2.91. The first kappa shape index (κ1) is 15.8. The minimum Gasteiger partial charge on any atom is -0.375 e. The molecule has 2 nitrogen and oxygen atoms in total. The maximum absolute atomic E-state index is 6.23. The number of aryl methyl sites for hydroxylation is 1. The van der Waals surface area contributed by atoms with E-state index in [1.807, 2.05) is 6.07 Å². The van der Waals surface area contributed by atoms with Gasteiger partial charge in [-0.3, -0.25) is 0 Å². The van der Waals surface area contributed by atoms with Crippen molar-refractivity contribution in [3.05, 3.63) is 70.0 Å². The van der Waals surface area contributed by atoms with Crippen LogP contribution in [-0.2, 0) is 18.5 Å². The standard InChI is InChI=1S/C23H21ClN2/c1-4-26-14(2)17-6-5-7-18-20(10-11-21(26)22(17)18)25-23(3)13-15-8-9-16(24)12-19(15)23/h5-12,25H,2,4,13H2,1,3H3. The number of aromatic nitrogens is 1. The highest BCUT2D eigenvalue weighted by Gasteiger charge is 2.38. The number of hydrogen-bond acceptors (Lipinski definition) is 1. The first-order valence-electron chi connectivity index (χ1n) is 9.11. The zero-order chi connectivity index (χ0) is 18.1. The van der Waals surface area contributed by atoms with Crippen LogP contribution in [0.15, 0.2) is 48.5 Å².